The van der Waals surface area contributed by atoms with Crippen LogP contribution in [0.25, 0.3) is 5.69 Å². The molecule has 0 aliphatic heterocycles. The van der Waals surface area contributed by atoms with Gasteiger partial charge in [-0.05, 0) is 29.0 Å². The lowest BCUT2D eigenvalue weighted by atomic mass is 9.86. The molecule has 0 unspecified atom stereocenters. The van der Waals surface area contributed by atoms with Gasteiger partial charge in [0.05, 0.1) is 18.1 Å². The minimum Gasteiger partial charge on any atom is -0.350 e. The van der Waals surface area contributed by atoms with Crippen LogP contribution in [0, 0.1) is 5.41 Å². The highest BCUT2D eigenvalue weighted by atomic mass is 32.2. The quantitative estimate of drug-likeness (QED) is 0.553. The van der Waals surface area contributed by atoms with Crippen molar-refractivity contribution in [2.45, 2.75) is 58.3 Å². The Hall–Kier alpha value is -2.61. The third-order valence-electron chi connectivity index (χ3n) is 5.02. The van der Waals surface area contributed by atoms with Gasteiger partial charge in [-0.25, -0.2) is 4.98 Å². The number of hydrogen-bond donors (Lipinski definition) is 1. The monoisotopic (exact) mass is 426 g/mol. The molecular weight excluding hydrogens is 396 g/mol. The number of aromatic nitrogens is 5. The molecule has 2 aromatic heterocycles. The standard InChI is InChI=1S/C22H30N6OS/c1-16(2)17-6-8-18(9-7-17)28-15-24-26-21(28)30-13-20(29)25-19(22(3,4)5)12-27-11-10-23-14-27/h6-11,14-16,19H,12-13H2,1-5H3,(H,25,29)/t19-/m1/s1. The highest BCUT2D eigenvalue weighted by Crippen LogP contribution is 2.23. The lowest BCUT2D eigenvalue weighted by molar-refractivity contribution is -0.120. The van der Waals surface area contributed by atoms with E-state index in [9.17, 15) is 4.79 Å². The maximum absolute atomic E-state index is 12.7. The molecule has 0 fully saturated rings. The van der Waals surface area contributed by atoms with Crippen LogP contribution in [-0.2, 0) is 11.3 Å². The summed E-state index contributed by atoms with van der Waals surface area (Å²) < 4.78 is 3.90. The summed E-state index contributed by atoms with van der Waals surface area (Å²) in [6.07, 6.45) is 7.11. The number of nitrogens with one attached hydrogen (secondary N) is 1. The van der Waals surface area contributed by atoms with Crippen molar-refractivity contribution in [2.75, 3.05) is 5.75 Å². The van der Waals surface area contributed by atoms with Crippen molar-refractivity contribution < 1.29 is 4.79 Å². The highest BCUT2D eigenvalue weighted by Gasteiger charge is 2.26. The molecule has 30 heavy (non-hydrogen) atoms. The fraction of sp³-hybridized carbons (Fsp3) is 0.455. The van der Waals surface area contributed by atoms with E-state index in [0.717, 1.165) is 5.69 Å². The van der Waals surface area contributed by atoms with E-state index in [2.05, 4.69) is 79.4 Å². The van der Waals surface area contributed by atoms with Crippen LogP contribution in [0.4, 0.5) is 0 Å². The van der Waals surface area contributed by atoms with E-state index in [1.165, 1.54) is 17.3 Å². The average molecular weight is 427 g/mol. The number of thioether (sulfide) groups is 1. The second kappa shape index (κ2) is 9.47. The SMILES string of the molecule is CC(C)c1ccc(-n2cnnc2SCC(=O)N[C@H](Cn2ccnc2)C(C)(C)C)cc1. The molecular formula is C22H30N6OS. The number of amides is 1. The van der Waals surface area contributed by atoms with Crippen molar-refractivity contribution in [2.24, 2.45) is 5.41 Å². The first-order valence-electron chi connectivity index (χ1n) is 10.1. The van der Waals surface area contributed by atoms with Crippen LogP contribution in [0.5, 0.6) is 0 Å². The first kappa shape index (κ1) is 22.1. The van der Waals surface area contributed by atoms with Crippen molar-refractivity contribution in [1.82, 2.24) is 29.6 Å². The van der Waals surface area contributed by atoms with E-state index in [-0.39, 0.29) is 23.1 Å². The van der Waals surface area contributed by atoms with Crippen molar-refractivity contribution in [3.05, 3.63) is 54.9 Å². The Bertz CT molecular complexity index is 941. The van der Waals surface area contributed by atoms with Crippen LogP contribution in [-0.4, -0.2) is 42.0 Å². The van der Waals surface area contributed by atoms with E-state index in [0.29, 0.717) is 17.6 Å². The zero-order chi connectivity index (χ0) is 21.7. The summed E-state index contributed by atoms with van der Waals surface area (Å²) in [7, 11) is 0. The van der Waals surface area contributed by atoms with Crippen molar-refractivity contribution >= 4 is 17.7 Å². The molecule has 3 rings (SSSR count). The smallest absolute Gasteiger partial charge is 0.230 e. The van der Waals surface area contributed by atoms with E-state index >= 15 is 0 Å². The molecule has 1 amide bonds. The van der Waals surface area contributed by atoms with Gasteiger partial charge >= 0.3 is 0 Å². The summed E-state index contributed by atoms with van der Waals surface area (Å²) in [6.45, 7) is 11.4. The Kier molecular flexibility index (Phi) is 6.97. The second-order valence-corrected chi connectivity index (χ2v) is 9.71. The highest BCUT2D eigenvalue weighted by molar-refractivity contribution is 7.99. The molecule has 0 bridgehead atoms. The molecule has 8 heteroatoms. The van der Waals surface area contributed by atoms with Gasteiger partial charge in [-0.1, -0.05) is 58.5 Å². The summed E-state index contributed by atoms with van der Waals surface area (Å²) in [6, 6.07) is 8.34. The minimum atomic E-state index is -0.0806. The molecule has 0 radical (unpaired) electrons. The second-order valence-electron chi connectivity index (χ2n) is 8.76. The summed E-state index contributed by atoms with van der Waals surface area (Å²) in [4.78, 5) is 16.8. The fourth-order valence-corrected chi connectivity index (χ4v) is 3.77. The van der Waals surface area contributed by atoms with Gasteiger partial charge in [-0.15, -0.1) is 10.2 Å². The van der Waals surface area contributed by atoms with Gasteiger partial charge < -0.3 is 9.88 Å². The molecule has 0 saturated heterocycles. The number of hydrogen-bond acceptors (Lipinski definition) is 5. The Labute approximate surface area is 182 Å². The fourth-order valence-electron chi connectivity index (χ4n) is 3.03. The zero-order valence-corrected chi connectivity index (χ0v) is 19.1. The molecule has 7 nitrogen and oxygen atoms in total. The van der Waals surface area contributed by atoms with E-state index in [4.69, 9.17) is 0 Å². The van der Waals surface area contributed by atoms with Gasteiger partial charge in [-0.3, -0.25) is 9.36 Å². The lowest BCUT2D eigenvalue weighted by Gasteiger charge is -2.31. The average Bonchev–Trinajstić information content (AvgIpc) is 3.37. The number of carbonyl (C=O) groups is 1. The zero-order valence-electron chi connectivity index (χ0n) is 18.2. The number of carbonyl (C=O) groups excluding carboxylic acids is 1. The number of benzene rings is 1. The molecule has 1 aromatic carbocycles. The largest absolute Gasteiger partial charge is 0.350 e. The van der Waals surface area contributed by atoms with Gasteiger partial charge in [0.15, 0.2) is 5.16 Å². The number of nitrogens with zero attached hydrogens (tertiary/aromatic N) is 5. The van der Waals surface area contributed by atoms with Crippen molar-refractivity contribution in [3.8, 4) is 5.69 Å². The van der Waals surface area contributed by atoms with E-state index in [1.807, 2.05) is 15.3 Å². The Morgan fingerprint density at radius 1 is 1.17 bits per heavy atom. The summed E-state index contributed by atoms with van der Waals surface area (Å²) in [5, 5.41) is 12.1. The summed E-state index contributed by atoms with van der Waals surface area (Å²) >= 11 is 1.39. The molecule has 0 aliphatic carbocycles. The Morgan fingerprint density at radius 3 is 2.50 bits per heavy atom. The van der Waals surface area contributed by atoms with Crippen LogP contribution in [0.2, 0.25) is 0 Å². The first-order valence-corrected chi connectivity index (χ1v) is 11.1. The molecule has 0 aliphatic rings. The van der Waals surface area contributed by atoms with Crippen LogP contribution in [0.15, 0.2) is 54.5 Å². The minimum absolute atomic E-state index is 0.0127. The predicted molar refractivity (Wildman–Crippen MR) is 120 cm³/mol. The molecule has 0 spiro atoms. The van der Waals surface area contributed by atoms with Crippen LogP contribution in [0.3, 0.4) is 0 Å². The summed E-state index contributed by atoms with van der Waals surface area (Å²) in [5.41, 5.74) is 2.19. The molecule has 2 heterocycles. The van der Waals surface area contributed by atoms with Gasteiger partial charge in [0, 0.05) is 24.6 Å². The molecule has 160 valence electrons. The predicted octanol–water partition coefficient (Wildman–Crippen LogP) is 3.91. The molecule has 1 atom stereocenters. The maximum atomic E-state index is 12.7. The van der Waals surface area contributed by atoms with E-state index in [1.54, 1.807) is 18.9 Å². The van der Waals surface area contributed by atoms with Gasteiger partial charge in [0.25, 0.3) is 0 Å². The summed E-state index contributed by atoms with van der Waals surface area (Å²) in [5.74, 6) is 0.736. The van der Waals surface area contributed by atoms with Gasteiger partial charge in [0.1, 0.15) is 6.33 Å². The third kappa shape index (κ3) is 5.72. The maximum Gasteiger partial charge on any atom is 0.230 e. The van der Waals surface area contributed by atoms with Gasteiger partial charge in [-0.2, -0.15) is 0 Å². The molecule has 0 saturated carbocycles. The molecule has 1 N–H and O–H groups in total. The first-order chi connectivity index (χ1) is 14.2. The Balaban J connectivity index is 1.62. The number of rotatable bonds is 8. The van der Waals surface area contributed by atoms with Crippen LogP contribution < -0.4 is 5.32 Å². The molecule has 3 aromatic rings. The van der Waals surface area contributed by atoms with Crippen molar-refractivity contribution in [3.63, 3.8) is 0 Å². The van der Waals surface area contributed by atoms with Gasteiger partial charge in [0.2, 0.25) is 5.91 Å². The van der Waals surface area contributed by atoms with Crippen molar-refractivity contribution in [1.29, 1.82) is 0 Å². The Morgan fingerprint density at radius 2 is 1.90 bits per heavy atom. The normalized spacial score (nSPS) is 12.9. The third-order valence-corrected chi connectivity index (χ3v) is 5.96. The van der Waals surface area contributed by atoms with Crippen LogP contribution in [0.1, 0.15) is 46.1 Å². The number of imidazole rings is 1. The topological polar surface area (TPSA) is 77.6 Å². The van der Waals surface area contributed by atoms with E-state index < -0.39 is 0 Å². The van der Waals surface area contributed by atoms with Crippen LogP contribution >= 0.6 is 11.8 Å². The lowest BCUT2D eigenvalue weighted by Crippen LogP contribution is -2.47.